The Morgan fingerprint density at radius 1 is 1.48 bits per heavy atom. The van der Waals surface area contributed by atoms with Gasteiger partial charge in [0, 0.05) is 25.7 Å². The Balaban J connectivity index is 1.83. The van der Waals surface area contributed by atoms with Gasteiger partial charge in [0.05, 0.1) is 18.1 Å². The summed E-state index contributed by atoms with van der Waals surface area (Å²) in [5, 5.41) is 9.26. The molecule has 1 saturated carbocycles. The van der Waals surface area contributed by atoms with Gasteiger partial charge < -0.3 is 20.1 Å². The number of carboxylic acid groups (broad SMARTS) is 1. The number of nitrogens with zero attached hydrogens (tertiary/aromatic N) is 2. The van der Waals surface area contributed by atoms with Gasteiger partial charge in [-0.3, -0.25) is 0 Å². The molecule has 1 aromatic rings. The minimum atomic E-state index is -0.970. The third-order valence-corrected chi connectivity index (χ3v) is 4.61. The molecule has 0 aliphatic heterocycles. The van der Waals surface area contributed by atoms with E-state index < -0.39 is 12.1 Å². The van der Waals surface area contributed by atoms with E-state index in [1.54, 1.807) is 13.3 Å². The molecule has 130 valence electrons. The van der Waals surface area contributed by atoms with Gasteiger partial charge in [-0.15, -0.1) is 0 Å². The third-order valence-electron chi connectivity index (χ3n) is 4.61. The Morgan fingerprint density at radius 2 is 2.22 bits per heavy atom. The first-order chi connectivity index (χ1) is 11.1. The van der Waals surface area contributed by atoms with Crippen LogP contribution in [-0.2, 0) is 22.5 Å². The molecule has 2 atom stereocenters. The van der Waals surface area contributed by atoms with E-state index in [1.165, 1.54) is 38.5 Å². The summed E-state index contributed by atoms with van der Waals surface area (Å²) >= 11 is 0. The number of ether oxygens (including phenoxy) is 1. The van der Waals surface area contributed by atoms with E-state index in [0.717, 1.165) is 18.2 Å². The molecule has 6 nitrogen and oxygen atoms in total. The number of aryl methyl sites for hydroxylation is 1. The van der Waals surface area contributed by atoms with E-state index in [0.29, 0.717) is 6.54 Å². The number of aromatic nitrogens is 2. The van der Waals surface area contributed by atoms with Crippen molar-refractivity contribution in [2.24, 2.45) is 11.7 Å². The molecule has 23 heavy (non-hydrogen) atoms. The van der Waals surface area contributed by atoms with Gasteiger partial charge in [-0.25, -0.2) is 9.78 Å². The van der Waals surface area contributed by atoms with Gasteiger partial charge in [0.2, 0.25) is 0 Å². The molecule has 1 aromatic heterocycles. The number of nitrogens with two attached hydrogens (primary N) is 1. The first kappa shape index (κ1) is 17.9. The molecule has 2 unspecified atom stereocenters. The summed E-state index contributed by atoms with van der Waals surface area (Å²) in [4.78, 5) is 15.6. The lowest BCUT2D eigenvalue weighted by molar-refractivity contribution is -0.153. The van der Waals surface area contributed by atoms with Crippen molar-refractivity contribution in [1.82, 2.24) is 9.55 Å². The standard InChI is InChI=1S/C17H29N3O3/c1-13(10-18)23-16(17(21)22)9-15-11-20(12-19-15)8-7-14-5-3-2-4-6-14/h11-14,16H,2-10,18H2,1H3,(H,21,22). The fourth-order valence-corrected chi connectivity index (χ4v) is 3.16. The van der Waals surface area contributed by atoms with Gasteiger partial charge in [-0.05, 0) is 19.3 Å². The number of carbonyl (C=O) groups is 1. The average Bonchev–Trinajstić information content (AvgIpc) is 3.00. The van der Waals surface area contributed by atoms with Crippen LogP contribution in [-0.4, -0.2) is 39.4 Å². The Labute approximate surface area is 138 Å². The maximum atomic E-state index is 11.3. The van der Waals surface area contributed by atoms with Crippen LogP contribution in [0.15, 0.2) is 12.5 Å². The Morgan fingerprint density at radius 3 is 2.87 bits per heavy atom. The molecule has 1 aliphatic rings. The van der Waals surface area contributed by atoms with Gasteiger partial charge >= 0.3 is 5.97 Å². The zero-order chi connectivity index (χ0) is 16.7. The molecule has 6 heteroatoms. The minimum Gasteiger partial charge on any atom is -0.479 e. The zero-order valence-corrected chi connectivity index (χ0v) is 14.0. The topological polar surface area (TPSA) is 90.4 Å². The fraction of sp³-hybridized carbons (Fsp3) is 0.765. The van der Waals surface area contributed by atoms with E-state index in [-0.39, 0.29) is 12.5 Å². The summed E-state index contributed by atoms with van der Waals surface area (Å²) < 4.78 is 7.52. The van der Waals surface area contributed by atoms with Gasteiger partial charge in [0.15, 0.2) is 6.10 Å². The van der Waals surface area contributed by atoms with Crippen LogP contribution in [0.2, 0.25) is 0 Å². The van der Waals surface area contributed by atoms with Crippen LogP contribution < -0.4 is 5.73 Å². The molecule has 2 rings (SSSR count). The summed E-state index contributed by atoms with van der Waals surface area (Å²) in [5.74, 6) is -0.142. The van der Waals surface area contributed by atoms with Gasteiger partial charge in [-0.1, -0.05) is 32.1 Å². The highest BCUT2D eigenvalue weighted by Crippen LogP contribution is 2.26. The van der Waals surface area contributed by atoms with Crippen LogP contribution in [0, 0.1) is 5.92 Å². The highest BCUT2D eigenvalue weighted by atomic mass is 16.5. The second kappa shape index (κ2) is 9.03. The van der Waals surface area contributed by atoms with E-state index >= 15 is 0 Å². The van der Waals surface area contributed by atoms with Gasteiger partial charge in [-0.2, -0.15) is 0 Å². The number of aliphatic carboxylic acids is 1. The van der Waals surface area contributed by atoms with Crippen LogP contribution in [0.25, 0.3) is 0 Å². The number of carboxylic acids is 1. The number of imidazole rings is 1. The van der Waals surface area contributed by atoms with Crippen molar-refractivity contribution in [3.8, 4) is 0 Å². The fourth-order valence-electron chi connectivity index (χ4n) is 3.16. The van der Waals surface area contributed by atoms with Gasteiger partial charge in [0.25, 0.3) is 0 Å². The lowest BCUT2D eigenvalue weighted by atomic mass is 9.87. The number of hydrogen-bond acceptors (Lipinski definition) is 4. The van der Waals surface area contributed by atoms with Crippen molar-refractivity contribution in [3.05, 3.63) is 18.2 Å². The summed E-state index contributed by atoms with van der Waals surface area (Å²) in [6.07, 6.45) is 10.8. The average molecular weight is 323 g/mol. The largest absolute Gasteiger partial charge is 0.479 e. The van der Waals surface area contributed by atoms with E-state index in [2.05, 4.69) is 9.55 Å². The summed E-state index contributed by atoms with van der Waals surface area (Å²) in [6, 6.07) is 0. The second-order valence-electron chi connectivity index (χ2n) is 6.61. The highest BCUT2D eigenvalue weighted by Gasteiger charge is 2.22. The predicted octanol–water partition coefficient (Wildman–Crippen LogP) is 2.21. The number of hydrogen-bond donors (Lipinski definition) is 2. The van der Waals surface area contributed by atoms with Crippen LogP contribution in [0.3, 0.4) is 0 Å². The quantitative estimate of drug-likeness (QED) is 0.727. The van der Waals surface area contributed by atoms with Crippen molar-refractivity contribution in [3.63, 3.8) is 0 Å². The monoisotopic (exact) mass is 323 g/mol. The van der Waals surface area contributed by atoms with Gasteiger partial charge in [0.1, 0.15) is 0 Å². The smallest absolute Gasteiger partial charge is 0.333 e. The van der Waals surface area contributed by atoms with Crippen LogP contribution in [0.1, 0.15) is 51.1 Å². The molecule has 0 amide bonds. The molecule has 1 heterocycles. The van der Waals surface area contributed by atoms with Crippen molar-refractivity contribution in [2.75, 3.05) is 6.54 Å². The van der Waals surface area contributed by atoms with Crippen molar-refractivity contribution in [2.45, 2.75) is 70.6 Å². The zero-order valence-electron chi connectivity index (χ0n) is 14.0. The lowest BCUT2D eigenvalue weighted by Crippen LogP contribution is -2.33. The van der Waals surface area contributed by atoms with E-state index in [9.17, 15) is 9.90 Å². The van der Waals surface area contributed by atoms with Crippen molar-refractivity contribution >= 4 is 5.97 Å². The first-order valence-corrected chi connectivity index (χ1v) is 8.67. The van der Waals surface area contributed by atoms with Crippen LogP contribution in [0.5, 0.6) is 0 Å². The third kappa shape index (κ3) is 5.95. The van der Waals surface area contributed by atoms with Crippen LogP contribution >= 0.6 is 0 Å². The maximum Gasteiger partial charge on any atom is 0.333 e. The highest BCUT2D eigenvalue weighted by molar-refractivity contribution is 5.72. The molecule has 1 aliphatic carbocycles. The summed E-state index contributed by atoms with van der Waals surface area (Å²) in [5.41, 5.74) is 6.25. The Bertz CT molecular complexity index is 483. The molecule has 0 aromatic carbocycles. The molecular formula is C17H29N3O3. The van der Waals surface area contributed by atoms with E-state index in [1.807, 2.05) is 6.20 Å². The predicted molar refractivity (Wildman–Crippen MR) is 88.1 cm³/mol. The van der Waals surface area contributed by atoms with E-state index in [4.69, 9.17) is 10.5 Å². The molecule has 0 saturated heterocycles. The normalized spacial score (nSPS) is 18.7. The van der Waals surface area contributed by atoms with Crippen LogP contribution in [0.4, 0.5) is 0 Å². The first-order valence-electron chi connectivity index (χ1n) is 8.67. The molecular weight excluding hydrogens is 294 g/mol. The minimum absolute atomic E-state index is 0.274. The SMILES string of the molecule is CC(CN)OC(Cc1cn(CCC2CCCCC2)cn1)C(=O)O. The molecule has 3 N–H and O–H groups in total. The molecule has 1 fully saturated rings. The molecule has 0 radical (unpaired) electrons. The Hall–Kier alpha value is -1.40. The summed E-state index contributed by atoms with van der Waals surface area (Å²) in [6.45, 7) is 3.04. The number of rotatable bonds is 9. The summed E-state index contributed by atoms with van der Waals surface area (Å²) in [7, 11) is 0. The second-order valence-corrected chi connectivity index (χ2v) is 6.61. The van der Waals surface area contributed by atoms with Crippen molar-refractivity contribution in [1.29, 1.82) is 0 Å². The lowest BCUT2D eigenvalue weighted by Gasteiger charge is -2.21. The molecule has 0 spiro atoms. The maximum absolute atomic E-state index is 11.3. The Kier molecular flexibility index (Phi) is 7.05. The van der Waals surface area contributed by atoms with Crippen molar-refractivity contribution < 1.29 is 14.6 Å². The molecule has 0 bridgehead atoms.